The zero-order chi connectivity index (χ0) is 17.2. The molecule has 6 nitrogen and oxygen atoms in total. The van der Waals surface area contributed by atoms with Crippen molar-refractivity contribution in [2.75, 3.05) is 19.7 Å². The van der Waals surface area contributed by atoms with Gasteiger partial charge in [-0.05, 0) is 31.2 Å². The largest absolute Gasteiger partial charge is 0.455 e. The number of morpholine rings is 1. The van der Waals surface area contributed by atoms with Crippen molar-refractivity contribution >= 4 is 15.7 Å². The topological polar surface area (TPSA) is 76.8 Å². The van der Waals surface area contributed by atoms with Gasteiger partial charge in [-0.15, -0.1) is 0 Å². The van der Waals surface area contributed by atoms with E-state index in [-0.39, 0.29) is 34.2 Å². The Kier molecular flexibility index (Phi) is 4.73. The maximum Gasteiger partial charge on any atom is 0.289 e. The molecule has 0 N–H and O–H groups in total. The molecule has 1 amide bonds. The third-order valence-corrected chi connectivity index (χ3v) is 5.49. The minimum absolute atomic E-state index is 0.0180. The Morgan fingerprint density at radius 2 is 1.96 bits per heavy atom. The van der Waals surface area contributed by atoms with Crippen LogP contribution in [0.3, 0.4) is 0 Å². The Hall–Kier alpha value is -2.12. The Balaban J connectivity index is 1.73. The number of hydrogen-bond acceptors (Lipinski definition) is 5. The molecule has 0 bridgehead atoms. The summed E-state index contributed by atoms with van der Waals surface area (Å²) in [5.74, 6) is -0.108. The van der Waals surface area contributed by atoms with E-state index in [1.165, 1.54) is 12.1 Å². The molecule has 3 rings (SSSR count). The van der Waals surface area contributed by atoms with E-state index in [0.717, 1.165) is 0 Å². The molecule has 128 valence electrons. The number of carbonyl (C=O) groups is 1. The summed E-state index contributed by atoms with van der Waals surface area (Å²) in [7, 11) is -3.50. The summed E-state index contributed by atoms with van der Waals surface area (Å²) in [6.07, 6.45) is -0.0180. The monoisotopic (exact) mass is 349 g/mol. The number of ether oxygens (including phenoxy) is 1. The van der Waals surface area contributed by atoms with Crippen LogP contribution in [0.1, 0.15) is 23.2 Å². The summed E-state index contributed by atoms with van der Waals surface area (Å²) < 4.78 is 35.6. The normalized spacial score (nSPS) is 18.5. The smallest absolute Gasteiger partial charge is 0.289 e. The molecule has 24 heavy (non-hydrogen) atoms. The van der Waals surface area contributed by atoms with Crippen LogP contribution in [0.4, 0.5) is 0 Å². The van der Waals surface area contributed by atoms with Crippen LogP contribution in [-0.2, 0) is 20.3 Å². The van der Waals surface area contributed by atoms with Gasteiger partial charge in [-0.3, -0.25) is 4.79 Å². The first-order valence-corrected chi connectivity index (χ1v) is 9.38. The lowest BCUT2D eigenvalue weighted by molar-refractivity contribution is -0.0135. The van der Waals surface area contributed by atoms with Crippen LogP contribution in [-0.4, -0.2) is 45.0 Å². The van der Waals surface area contributed by atoms with Gasteiger partial charge in [-0.1, -0.05) is 18.2 Å². The van der Waals surface area contributed by atoms with Crippen LogP contribution >= 0.6 is 0 Å². The summed E-state index contributed by atoms with van der Waals surface area (Å²) >= 11 is 0. The molecule has 0 spiro atoms. The second kappa shape index (κ2) is 6.78. The van der Waals surface area contributed by atoms with Crippen molar-refractivity contribution in [2.45, 2.75) is 23.7 Å². The highest BCUT2D eigenvalue weighted by Crippen LogP contribution is 2.19. The molecule has 1 saturated heterocycles. The number of benzene rings is 1. The van der Waals surface area contributed by atoms with Crippen LogP contribution in [0.5, 0.6) is 0 Å². The molecule has 0 saturated carbocycles. The third kappa shape index (κ3) is 3.68. The summed E-state index contributed by atoms with van der Waals surface area (Å²) in [5.41, 5.74) is 0. The van der Waals surface area contributed by atoms with Gasteiger partial charge in [0.15, 0.2) is 15.6 Å². The fraction of sp³-hybridized carbons (Fsp3) is 0.353. The van der Waals surface area contributed by atoms with Gasteiger partial charge in [0.2, 0.25) is 0 Å². The number of amides is 1. The van der Waals surface area contributed by atoms with E-state index in [1.807, 2.05) is 6.92 Å². The highest BCUT2D eigenvalue weighted by molar-refractivity contribution is 7.90. The molecule has 1 atom stereocenters. The van der Waals surface area contributed by atoms with Gasteiger partial charge in [0.25, 0.3) is 5.91 Å². The number of rotatable bonds is 4. The van der Waals surface area contributed by atoms with Crippen LogP contribution in [0, 0.1) is 0 Å². The van der Waals surface area contributed by atoms with E-state index >= 15 is 0 Å². The molecule has 2 aromatic rings. The van der Waals surface area contributed by atoms with Gasteiger partial charge in [0, 0.05) is 13.1 Å². The van der Waals surface area contributed by atoms with Crippen molar-refractivity contribution in [1.82, 2.24) is 4.90 Å². The first-order valence-electron chi connectivity index (χ1n) is 7.73. The molecule has 1 aliphatic heterocycles. The maximum atomic E-state index is 12.4. The zero-order valence-corrected chi connectivity index (χ0v) is 14.2. The summed E-state index contributed by atoms with van der Waals surface area (Å²) in [5, 5.41) is 0. The highest BCUT2D eigenvalue weighted by Gasteiger charge is 2.25. The average Bonchev–Trinajstić information content (AvgIpc) is 3.03. The van der Waals surface area contributed by atoms with E-state index in [9.17, 15) is 13.2 Å². The van der Waals surface area contributed by atoms with Gasteiger partial charge >= 0.3 is 0 Å². The van der Waals surface area contributed by atoms with Crippen molar-refractivity contribution in [2.24, 2.45) is 0 Å². The summed E-state index contributed by atoms with van der Waals surface area (Å²) in [4.78, 5) is 14.3. The molecule has 1 fully saturated rings. The van der Waals surface area contributed by atoms with Crippen LogP contribution in [0.15, 0.2) is 51.8 Å². The van der Waals surface area contributed by atoms with Crippen LogP contribution in [0.2, 0.25) is 0 Å². The van der Waals surface area contributed by atoms with Crippen molar-refractivity contribution < 1.29 is 22.4 Å². The van der Waals surface area contributed by atoms with E-state index in [0.29, 0.717) is 19.7 Å². The molecule has 0 radical (unpaired) electrons. The minimum Gasteiger partial charge on any atom is -0.455 e. The minimum atomic E-state index is -3.50. The molecule has 1 aliphatic rings. The second-order valence-corrected chi connectivity index (χ2v) is 7.76. The highest BCUT2D eigenvalue weighted by atomic mass is 32.2. The lowest BCUT2D eigenvalue weighted by atomic mass is 10.3. The van der Waals surface area contributed by atoms with E-state index in [4.69, 9.17) is 9.15 Å². The van der Waals surface area contributed by atoms with Crippen molar-refractivity contribution in [3.8, 4) is 0 Å². The molecule has 1 unspecified atom stereocenters. The quantitative estimate of drug-likeness (QED) is 0.845. The van der Waals surface area contributed by atoms with Gasteiger partial charge < -0.3 is 14.1 Å². The predicted molar refractivity (Wildman–Crippen MR) is 87.4 cm³/mol. The summed E-state index contributed by atoms with van der Waals surface area (Å²) in [6.45, 7) is 3.39. The number of furan rings is 1. The zero-order valence-electron chi connectivity index (χ0n) is 13.3. The molecule has 1 aromatic heterocycles. The number of carbonyl (C=O) groups excluding carboxylic acids is 1. The van der Waals surface area contributed by atoms with E-state index in [2.05, 4.69) is 0 Å². The lowest BCUT2D eigenvalue weighted by Crippen LogP contribution is -2.44. The molecule has 7 heteroatoms. The van der Waals surface area contributed by atoms with E-state index < -0.39 is 9.84 Å². The van der Waals surface area contributed by atoms with Crippen molar-refractivity contribution in [3.63, 3.8) is 0 Å². The Bertz CT molecular complexity index is 813. The van der Waals surface area contributed by atoms with Crippen molar-refractivity contribution in [3.05, 3.63) is 54.0 Å². The third-order valence-electron chi connectivity index (χ3n) is 3.84. The predicted octanol–water partition coefficient (Wildman–Crippen LogP) is 2.11. The summed E-state index contributed by atoms with van der Waals surface area (Å²) in [6, 6.07) is 11.2. The maximum absolute atomic E-state index is 12.4. The van der Waals surface area contributed by atoms with Gasteiger partial charge in [0.1, 0.15) is 11.5 Å². The first kappa shape index (κ1) is 16.7. The molecular formula is C17H19NO5S. The lowest BCUT2D eigenvalue weighted by Gasteiger charge is -2.30. The first-order chi connectivity index (χ1) is 11.5. The molecular weight excluding hydrogens is 330 g/mol. The standard InChI is InChI=1S/C17H19NO5S/c1-13-11-18(9-10-22-13)17(19)16-8-7-14(23-16)12-24(20,21)15-5-3-2-4-6-15/h2-8,13H,9-12H2,1H3. The number of sulfone groups is 1. The Morgan fingerprint density at radius 3 is 2.67 bits per heavy atom. The molecule has 0 aliphatic carbocycles. The van der Waals surface area contributed by atoms with Gasteiger partial charge in [0.05, 0.1) is 17.6 Å². The number of hydrogen-bond donors (Lipinski definition) is 0. The Labute approximate surface area is 140 Å². The molecule has 1 aromatic carbocycles. The van der Waals surface area contributed by atoms with Gasteiger partial charge in [-0.2, -0.15) is 0 Å². The fourth-order valence-corrected chi connectivity index (χ4v) is 3.90. The molecule has 2 heterocycles. The van der Waals surface area contributed by atoms with Crippen LogP contribution in [0.25, 0.3) is 0 Å². The number of nitrogens with zero attached hydrogens (tertiary/aromatic N) is 1. The Morgan fingerprint density at radius 1 is 1.21 bits per heavy atom. The van der Waals surface area contributed by atoms with Gasteiger partial charge in [-0.25, -0.2) is 8.42 Å². The fourth-order valence-electron chi connectivity index (χ4n) is 2.63. The average molecular weight is 349 g/mol. The van der Waals surface area contributed by atoms with E-state index in [1.54, 1.807) is 35.2 Å². The van der Waals surface area contributed by atoms with Crippen molar-refractivity contribution in [1.29, 1.82) is 0 Å². The SMILES string of the molecule is CC1CN(C(=O)c2ccc(CS(=O)(=O)c3ccccc3)o2)CCO1. The second-order valence-electron chi connectivity index (χ2n) is 5.77. The van der Waals surface area contributed by atoms with Crippen LogP contribution < -0.4 is 0 Å².